The van der Waals surface area contributed by atoms with Gasteiger partial charge in [0.2, 0.25) is 5.91 Å². The smallest absolute Gasteiger partial charge is 0.331 e. The molecule has 0 fully saturated rings. The molecule has 1 rings (SSSR count). The molecule has 0 aliphatic heterocycles. The van der Waals surface area contributed by atoms with Crippen LogP contribution in [0.2, 0.25) is 0 Å². The fourth-order valence-electron chi connectivity index (χ4n) is 2.63. The molecule has 0 aliphatic carbocycles. The third kappa shape index (κ3) is 8.49. The third-order valence-electron chi connectivity index (χ3n) is 3.94. The quantitative estimate of drug-likeness (QED) is 0.566. The van der Waals surface area contributed by atoms with Crippen molar-refractivity contribution in [2.75, 3.05) is 26.4 Å². The molecule has 8 nitrogen and oxygen atoms in total. The van der Waals surface area contributed by atoms with E-state index >= 15 is 0 Å². The van der Waals surface area contributed by atoms with Crippen LogP contribution in [-0.2, 0) is 28.6 Å². The zero-order valence-electron chi connectivity index (χ0n) is 16.8. The van der Waals surface area contributed by atoms with Crippen LogP contribution in [-0.4, -0.2) is 66.4 Å². The first-order valence-electron chi connectivity index (χ1n) is 9.12. The van der Waals surface area contributed by atoms with E-state index < -0.39 is 30.8 Å². The van der Waals surface area contributed by atoms with Crippen molar-refractivity contribution in [1.29, 1.82) is 0 Å². The summed E-state index contributed by atoms with van der Waals surface area (Å²) in [5.74, 6) is -1.38. The van der Waals surface area contributed by atoms with Crippen molar-refractivity contribution in [2.45, 2.75) is 45.9 Å². The van der Waals surface area contributed by atoms with E-state index in [1.54, 1.807) is 4.90 Å². The number of carbonyl (C=O) groups excluding carboxylic acids is 3. The van der Waals surface area contributed by atoms with Crippen molar-refractivity contribution < 1.29 is 33.7 Å². The Morgan fingerprint density at radius 1 is 1.07 bits per heavy atom. The van der Waals surface area contributed by atoms with Crippen LogP contribution in [0.15, 0.2) is 30.3 Å². The Hall–Kier alpha value is -2.45. The second-order valence-electron chi connectivity index (χ2n) is 6.57. The number of benzene rings is 1. The fraction of sp³-hybridized carbons (Fsp3) is 0.550. The molecule has 0 radical (unpaired) electrons. The van der Waals surface area contributed by atoms with Gasteiger partial charge in [-0.1, -0.05) is 30.3 Å². The highest BCUT2D eigenvalue weighted by atomic mass is 16.6. The molecular weight excluding hydrogens is 366 g/mol. The van der Waals surface area contributed by atoms with E-state index in [4.69, 9.17) is 19.3 Å². The molecule has 28 heavy (non-hydrogen) atoms. The summed E-state index contributed by atoms with van der Waals surface area (Å²) in [5, 5.41) is 8.83. The summed E-state index contributed by atoms with van der Waals surface area (Å²) in [7, 11) is 0. The van der Waals surface area contributed by atoms with Crippen LogP contribution >= 0.6 is 0 Å². The van der Waals surface area contributed by atoms with Crippen molar-refractivity contribution in [3.05, 3.63) is 35.9 Å². The van der Waals surface area contributed by atoms with Crippen LogP contribution in [0, 0.1) is 0 Å². The number of hydrogen-bond donors (Lipinski definition) is 1. The average molecular weight is 395 g/mol. The van der Waals surface area contributed by atoms with Crippen LogP contribution < -0.4 is 0 Å². The normalized spacial score (nSPS) is 12.9. The highest BCUT2D eigenvalue weighted by Crippen LogP contribution is 2.19. The summed E-state index contributed by atoms with van der Waals surface area (Å²) in [5.41, 5.74) is 0.766. The van der Waals surface area contributed by atoms with E-state index in [2.05, 4.69) is 0 Å². The van der Waals surface area contributed by atoms with Crippen molar-refractivity contribution in [3.63, 3.8) is 0 Å². The van der Waals surface area contributed by atoms with Gasteiger partial charge in [0.05, 0.1) is 13.2 Å². The molecule has 0 bridgehead atoms. The van der Waals surface area contributed by atoms with Crippen molar-refractivity contribution >= 4 is 17.8 Å². The molecule has 2 unspecified atom stereocenters. The summed E-state index contributed by atoms with van der Waals surface area (Å²) < 4.78 is 16.2. The topological polar surface area (TPSA) is 102 Å². The maximum atomic E-state index is 11.8. The van der Waals surface area contributed by atoms with E-state index in [-0.39, 0.29) is 31.7 Å². The Kier molecular flexibility index (Phi) is 10.2. The molecule has 0 heterocycles. The van der Waals surface area contributed by atoms with Gasteiger partial charge in [-0.05, 0) is 19.4 Å². The number of rotatable bonds is 11. The molecule has 0 saturated heterocycles. The molecule has 8 heteroatoms. The van der Waals surface area contributed by atoms with Gasteiger partial charge >= 0.3 is 11.9 Å². The van der Waals surface area contributed by atoms with Gasteiger partial charge in [0.1, 0.15) is 25.4 Å². The fourth-order valence-corrected chi connectivity index (χ4v) is 2.63. The van der Waals surface area contributed by atoms with Gasteiger partial charge in [-0.25, -0.2) is 4.79 Å². The summed E-state index contributed by atoms with van der Waals surface area (Å²) in [6.07, 6.45) is -1.29. The van der Waals surface area contributed by atoms with Gasteiger partial charge in [0.25, 0.3) is 0 Å². The minimum Gasteiger partial charge on any atom is -0.461 e. The molecule has 1 aromatic carbocycles. The summed E-state index contributed by atoms with van der Waals surface area (Å²) >= 11 is 0. The van der Waals surface area contributed by atoms with Crippen molar-refractivity contribution in [1.82, 2.24) is 4.90 Å². The Balaban J connectivity index is 2.86. The monoisotopic (exact) mass is 395 g/mol. The van der Waals surface area contributed by atoms with E-state index in [0.717, 1.165) is 5.56 Å². The largest absolute Gasteiger partial charge is 0.461 e. The van der Waals surface area contributed by atoms with Gasteiger partial charge in [-0.2, -0.15) is 0 Å². The maximum absolute atomic E-state index is 11.8. The van der Waals surface area contributed by atoms with Crippen LogP contribution in [0.1, 0.15) is 39.4 Å². The van der Waals surface area contributed by atoms with E-state index in [9.17, 15) is 14.4 Å². The van der Waals surface area contributed by atoms with E-state index in [1.807, 2.05) is 44.2 Å². The molecule has 1 N–H and O–H groups in total. The lowest BCUT2D eigenvalue weighted by Gasteiger charge is -2.30. The second kappa shape index (κ2) is 12.1. The van der Waals surface area contributed by atoms with Gasteiger partial charge in [0.15, 0.2) is 0 Å². The lowest BCUT2D eigenvalue weighted by Crippen LogP contribution is -2.44. The number of ether oxygens (including phenoxy) is 3. The first kappa shape index (κ1) is 23.6. The van der Waals surface area contributed by atoms with E-state index in [0.29, 0.717) is 0 Å². The molecule has 1 amide bonds. The van der Waals surface area contributed by atoms with Gasteiger partial charge in [-0.15, -0.1) is 0 Å². The number of esters is 2. The lowest BCUT2D eigenvalue weighted by molar-refractivity contribution is -0.159. The Bertz CT molecular complexity index is 633. The molecule has 0 spiro atoms. The maximum Gasteiger partial charge on any atom is 0.331 e. The Morgan fingerprint density at radius 3 is 2.21 bits per heavy atom. The molecule has 0 aromatic heterocycles. The summed E-state index contributed by atoms with van der Waals surface area (Å²) in [6, 6.07) is 9.04. The highest BCUT2D eigenvalue weighted by molar-refractivity contribution is 5.73. The van der Waals surface area contributed by atoms with Crippen LogP contribution in [0.5, 0.6) is 0 Å². The molecule has 1 aromatic rings. The molecule has 2 atom stereocenters. The van der Waals surface area contributed by atoms with Gasteiger partial charge < -0.3 is 24.2 Å². The first-order chi connectivity index (χ1) is 13.2. The molecule has 0 saturated carbocycles. The predicted molar refractivity (Wildman–Crippen MR) is 101 cm³/mol. The highest BCUT2D eigenvalue weighted by Gasteiger charge is 2.24. The van der Waals surface area contributed by atoms with Crippen molar-refractivity contribution in [3.8, 4) is 0 Å². The predicted octanol–water partition coefficient (Wildman–Crippen LogP) is 1.47. The Morgan fingerprint density at radius 2 is 1.71 bits per heavy atom. The Labute approximate surface area is 165 Å². The number of aliphatic hydroxyl groups is 1. The van der Waals surface area contributed by atoms with Crippen LogP contribution in [0.4, 0.5) is 0 Å². The van der Waals surface area contributed by atoms with Gasteiger partial charge in [-0.3, -0.25) is 9.59 Å². The third-order valence-corrected chi connectivity index (χ3v) is 3.94. The SMILES string of the molecule is CC(=O)OC(COC(COC(=O)CO)c1ccccc1)CN(C(C)=O)C(C)C. The summed E-state index contributed by atoms with van der Waals surface area (Å²) in [6.45, 7) is 5.85. The minimum atomic E-state index is -0.761. The lowest BCUT2D eigenvalue weighted by atomic mass is 10.1. The zero-order valence-corrected chi connectivity index (χ0v) is 16.8. The minimum absolute atomic E-state index is 0.00627. The standard InChI is InChI=1S/C20H29NO7/c1-14(2)21(15(3)23)10-18(28-16(4)24)12-26-19(13-27-20(25)11-22)17-8-6-5-7-9-17/h5-9,14,18-19,22H,10-13H2,1-4H3. The summed E-state index contributed by atoms with van der Waals surface area (Å²) in [4.78, 5) is 36.2. The molecule has 0 aliphatic rings. The molecule has 156 valence electrons. The second-order valence-corrected chi connectivity index (χ2v) is 6.57. The molecular formula is C20H29NO7. The van der Waals surface area contributed by atoms with Gasteiger partial charge in [0, 0.05) is 19.9 Å². The number of carbonyl (C=O) groups is 3. The van der Waals surface area contributed by atoms with Crippen LogP contribution in [0.25, 0.3) is 0 Å². The van der Waals surface area contributed by atoms with Crippen molar-refractivity contribution in [2.24, 2.45) is 0 Å². The first-order valence-corrected chi connectivity index (χ1v) is 9.12. The zero-order chi connectivity index (χ0) is 21.1. The average Bonchev–Trinajstić information content (AvgIpc) is 2.65. The van der Waals surface area contributed by atoms with Crippen LogP contribution in [0.3, 0.4) is 0 Å². The van der Waals surface area contributed by atoms with E-state index in [1.165, 1.54) is 13.8 Å². The number of amides is 1. The number of aliphatic hydroxyl groups excluding tert-OH is 1. The number of hydrogen-bond acceptors (Lipinski definition) is 7. The number of nitrogens with zero attached hydrogens (tertiary/aromatic N) is 1.